The molecule has 0 bridgehead atoms. The van der Waals surface area contributed by atoms with Gasteiger partial charge in [0.25, 0.3) is 0 Å². The maximum Gasteiger partial charge on any atom is 0.422 e. The molecular weight excluding hydrogens is 239 g/mol. The van der Waals surface area contributed by atoms with Gasteiger partial charge in [0.05, 0.1) is 12.8 Å². The molecule has 7 heteroatoms. The Balaban J connectivity index is 2.56. The second kappa shape index (κ2) is 5.42. The highest BCUT2D eigenvalue weighted by Gasteiger charge is 2.29. The average Bonchev–Trinajstić information content (AvgIpc) is 2.26. The van der Waals surface area contributed by atoms with E-state index >= 15 is 0 Å². The molecule has 17 heavy (non-hydrogen) atoms. The van der Waals surface area contributed by atoms with Crippen molar-refractivity contribution in [3.05, 3.63) is 24.3 Å². The van der Waals surface area contributed by atoms with Gasteiger partial charge < -0.3 is 9.47 Å². The molecule has 0 aromatic heterocycles. The minimum Gasteiger partial charge on any atom is -0.495 e. The number of nitrogens with one attached hydrogen (secondary N) is 1. The Kier molecular flexibility index (Phi) is 4.19. The fraction of sp³-hybridized carbons (Fsp3) is 0.300. The summed E-state index contributed by atoms with van der Waals surface area (Å²) >= 11 is 0. The number of methoxy groups -OCH3 is 1. The van der Waals surface area contributed by atoms with Gasteiger partial charge in [-0.2, -0.15) is 13.2 Å². The zero-order chi connectivity index (χ0) is 12.9. The number of ether oxygens (including phenoxy) is 2. The Labute approximate surface area is 95.3 Å². The minimum atomic E-state index is -4.54. The lowest BCUT2D eigenvalue weighted by Gasteiger charge is -2.11. The summed E-state index contributed by atoms with van der Waals surface area (Å²) in [5, 5.41) is 2.15. The molecule has 1 N–H and O–H groups in total. The largest absolute Gasteiger partial charge is 0.495 e. The van der Waals surface area contributed by atoms with Crippen molar-refractivity contribution in [1.29, 1.82) is 0 Å². The van der Waals surface area contributed by atoms with E-state index in [1.54, 1.807) is 18.2 Å². The quantitative estimate of drug-likeness (QED) is 0.895. The van der Waals surface area contributed by atoms with Gasteiger partial charge in [-0.05, 0) is 12.1 Å². The molecule has 0 unspecified atom stereocenters. The Morgan fingerprint density at radius 2 is 2.00 bits per heavy atom. The summed E-state index contributed by atoms with van der Waals surface area (Å²) in [5.41, 5.74) is 0.238. The highest BCUT2D eigenvalue weighted by molar-refractivity contribution is 5.86. The molecule has 0 radical (unpaired) electrons. The number of amides is 1. The summed E-state index contributed by atoms with van der Waals surface area (Å²) in [6, 6.07) is 6.29. The Hall–Kier alpha value is -1.92. The van der Waals surface area contributed by atoms with E-state index in [1.807, 2.05) is 0 Å². The van der Waals surface area contributed by atoms with E-state index in [-0.39, 0.29) is 5.69 Å². The van der Waals surface area contributed by atoms with E-state index in [0.717, 1.165) is 0 Å². The summed E-state index contributed by atoms with van der Waals surface area (Å²) in [6.07, 6.45) is -5.73. The number of rotatable bonds is 3. The first-order chi connectivity index (χ1) is 7.92. The number of alkyl halides is 3. The van der Waals surface area contributed by atoms with Crippen LogP contribution in [-0.4, -0.2) is 26.0 Å². The Bertz CT molecular complexity index is 393. The van der Waals surface area contributed by atoms with Crippen molar-refractivity contribution in [2.75, 3.05) is 19.0 Å². The van der Waals surface area contributed by atoms with Crippen LogP contribution in [0.1, 0.15) is 0 Å². The smallest absolute Gasteiger partial charge is 0.422 e. The Morgan fingerprint density at radius 3 is 2.59 bits per heavy atom. The molecule has 94 valence electrons. The molecule has 0 heterocycles. The van der Waals surface area contributed by atoms with Crippen molar-refractivity contribution in [3.63, 3.8) is 0 Å². The first kappa shape index (κ1) is 13.1. The summed E-state index contributed by atoms with van der Waals surface area (Å²) in [7, 11) is 1.38. The second-order valence-corrected chi connectivity index (χ2v) is 3.02. The predicted molar refractivity (Wildman–Crippen MR) is 54.0 cm³/mol. The molecule has 0 spiro atoms. The van der Waals surface area contributed by atoms with Crippen LogP contribution in [-0.2, 0) is 4.74 Å². The van der Waals surface area contributed by atoms with Gasteiger partial charge in [-0.1, -0.05) is 12.1 Å². The normalized spacial score (nSPS) is 10.8. The van der Waals surface area contributed by atoms with E-state index in [2.05, 4.69) is 10.1 Å². The van der Waals surface area contributed by atoms with Crippen molar-refractivity contribution in [2.45, 2.75) is 6.18 Å². The number of halogens is 3. The van der Waals surface area contributed by atoms with E-state index in [4.69, 9.17) is 4.74 Å². The van der Waals surface area contributed by atoms with Crippen LogP contribution in [0, 0.1) is 0 Å². The van der Waals surface area contributed by atoms with E-state index < -0.39 is 18.9 Å². The topological polar surface area (TPSA) is 47.6 Å². The number of carbonyl (C=O) groups excluding carboxylic acids is 1. The van der Waals surface area contributed by atoms with Gasteiger partial charge in [-0.3, -0.25) is 5.32 Å². The van der Waals surface area contributed by atoms with Crippen molar-refractivity contribution in [2.24, 2.45) is 0 Å². The first-order valence-corrected chi connectivity index (χ1v) is 4.56. The second-order valence-electron chi connectivity index (χ2n) is 3.02. The van der Waals surface area contributed by atoms with Gasteiger partial charge in [0, 0.05) is 0 Å². The lowest BCUT2D eigenvalue weighted by molar-refractivity contribution is -0.159. The molecule has 1 aromatic carbocycles. The van der Waals surface area contributed by atoms with Crippen LogP contribution in [0.4, 0.5) is 23.7 Å². The Morgan fingerprint density at radius 1 is 1.35 bits per heavy atom. The van der Waals surface area contributed by atoms with E-state index in [0.29, 0.717) is 5.75 Å². The number of hydrogen-bond donors (Lipinski definition) is 1. The van der Waals surface area contributed by atoms with Crippen LogP contribution in [0.2, 0.25) is 0 Å². The molecule has 0 fully saturated rings. The summed E-state index contributed by atoms with van der Waals surface area (Å²) in [5.74, 6) is 0.330. The highest BCUT2D eigenvalue weighted by Crippen LogP contribution is 2.23. The standard InChI is InChI=1S/C10H10F3NO3/c1-16-8-5-3-2-4-7(8)14-9(15)17-6-10(11,12)13/h2-5H,6H2,1H3,(H,14,15). The molecule has 0 saturated heterocycles. The zero-order valence-corrected chi connectivity index (χ0v) is 8.88. The maximum absolute atomic E-state index is 11.8. The number of benzene rings is 1. The van der Waals surface area contributed by atoms with Gasteiger partial charge in [0.2, 0.25) is 0 Å². The summed E-state index contributed by atoms with van der Waals surface area (Å²) in [6.45, 7) is -1.63. The lowest BCUT2D eigenvalue weighted by atomic mass is 10.3. The molecule has 0 saturated carbocycles. The fourth-order valence-corrected chi connectivity index (χ4v) is 1.04. The SMILES string of the molecule is COc1ccccc1NC(=O)OCC(F)(F)F. The fourth-order valence-electron chi connectivity index (χ4n) is 1.04. The molecule has 1 rings (SSSR count). The van der Waals surface area contributed by atoms with Crippen LogP contribution >= 0.6 is 0 Å². The summed E-state index contributed by atoms with van der Waals surface area (Å²) < 4.78 is 44.2. The first-order valence-electron chi connectivity index (χ1n) is 4.56. The van der Waals surface area contributed by atoms with Gasteiger partial charge in [-0.25, -0.2) is 4.79 Å². The van der Waals surface area contributed by atoms with Crippen molar-refractivity contribution >= 4 is 11.8 Å². The van der Waals surface area contributed by atoms with Crippen LogP contribution < -0.4 is 10.1 Å². The molecular formula is C10H10F3NO3. The number of hydrogen-bond acceptors (Lipinski definition) is 3. The third-order valence-corrected chi connectivity index (χ3v) is 1.71. The monoisotopic (exact) mass is 249 g/mol. The van der Waals surface area contributed by atoms with Crippen molar-refractivity contribution in [1.82, 2.24) is 0 Å². The molecule has 0 aliphatic carbocycles. The lowest BCUT2D eigenvalue weighted by Crippen LogP contribution is -2.23. The van der Waals surface area contributed by atoms with Crippen LogP contribution in [0.3, 0.4) is 0 Å². The van der Waals surface area contributed by atoms with E-state index in [9.17, 15) is 18.0 Å². The molecule has 0 aliphatic heterocycles. The third-order valence-electron chi connectivity index (χ3n) is 1.71. The zero-order valence-electron chi connectivity index (χ0n) is 8.88. The van der Waals surface area contributed by atoms with Gasteiger partial charge in [-0.15, -0.1) is 0 Å². The molecule has 1 aromatic rings. The molecule has 0 atom stereocenters. The van der Waals surface area contributed by atoms with Crippen LogP contribution in [0.5, 0.6) is 5.75 Å². The number of anilines is 1. The van der Waals surface area contributed by atoms with Gasteiger partial charge in [0.15, 0.2) is 6.61 Å². The average molecular weight is 249 g/mol. The minimum absolute atomic E-state index is 0.238. The molecule has 0 aliphatic rings. The van der Waals surface area contributed by atoms with Crippen molar-refractivity contribution < 1.29 is 27.4 Å². The van der Waals surface area contributed by atoms with Crippen LogP contribution in [0.15, 0.2) is 24.3 Å². The van der Waals surface area contributed by atoms with Gasteiger partial charge >= 0.3 is 12.3 Å². The number of carbonyl (C=O) groups is 1. The number of para-hydroxylation sites is 2. The molecule has 1 amide bonds. The van der Waals surface area contributed by atoms with Gasteiger partial charge in [0.1, 0.15) is 5.75 Å². The summed E-state index contributed by atoms with van der Waals surface area (Å²) in [4.78, 5) is 11.0. The van der Waals surface area contributed by atoms with Crippen molar-refractivity contribution in [3.8, 4) is 5.75 Å². The molecule has 4 nitrogen and oxygen atoms in total. The third kappa shape index (κ3) is 4.62. The van der Waals surface area contributed by atoms with Crippen LogP contribution in [0.25, 0.3) is 0 Å². The predicted octanol–water partition coefficient (Wildman–Crippen LogP) is 2.81. The maximum atomic E-state index is 11.8. The highest BCUT2D eigenvalue weighted by atomic mass is 19.4. The van der Waals surface area contributed by atoms with E-state index in [1.165, 1.54) is 13.2 Å².